The predicted molar refractivity (Wildman–Crippen MR) is 162 cm³/mol. The Hall–Kier alpha value is -3.71. The van der Waals surface area contributed by atoms with Crippen LogP contribution in [-0.2, 0) is 5.41 Å². The van der Waals surface area contributed by atoms with Crippen molar-refractivity contribution in [3.05, 3.63) is 95.6 Å². The van der Waals surface area contributed by atoms with Gasteiger partial charge in [0.05, 0.1) is 16.6 Å². The number of amides is 1. The monoisotopic (exact) mass is 566 g/mol. The zero-order valence-corrected chi connectivity index (χ0v) is 24.3. The molecule has 6 nitrogen and oxygen atoms in total. The van der Waals surface area contributed by atoms with Crippen LogP contribution in [0, 0.1) is 12.7 Å². The molecule has 218 valence electrons. The number of carbonyl (C=O) groups excluding carboxylic acids is 1. The van der Waals surface area contributed by atoms with E-state index in [0.717, 1.165) is 56.1 Å². The van der Waals surface area contributed by atoms with E-state index in [-0.39, 0.29) is 22.6 Å². The molecule has 2 bridgehead atoms. The van der Waals surface area contributed by atoms with Crippen LogP contribution < -0.4 is 0 Å². The second-order valence-electron chi connectivity index (χ2n) is 12.6. The third-order valence-corrected chi connectivity index (χ3v) is 10.4. The average Bonchev–Trinajstić information content (AvgIpc) is 3.48. The van der Waals surface area contributed by atoms with Crippen molar-refractivity contribution >= 4 is 16.9 Å². The lowest BCUT2D eigenvalue weighted by atomic mass is 9.70. The fraction of sp³-hybridized carbons (Fsp3) is 0.429. The number of imidazole rings is 1. The van der Waals surface area contributed by atoms with E-state index in [4.69, 9.17) is 4.98 Å². The van der Waals surface area contributed by atoms with Crippen molar-refractivity contribution in [1.82, 2.24) is 19.4 Å². The van der Waals surface area contributed by atoms with E-state index in [1.165, 1.54) is 36.1 Å². The SMILES string of the molecule is Cc1nc2ccccc2n1C1CC2CCC(C1)N2CCC1(c2ccccc2)CCN(C(=O)c2cc(F)ccc2O)CC1. The molecule has 3 aromatic carbocycles. The van der Waals surface area contributed by atoms with Gasteiger partial charge in [-0.2, -0.15) is 0 Å². The first-order chi connectivity index (χ1) is 20.4. The van der Waals surface area contributed by atoms with Crippen molar-refractivity contribution in [2.75, 3.05) is 19.6 Å². The number of carbonyl (C=O) groups is 1. The summed E-state index contributed by atoms with van der Waals surface area (Å²) in [5, 5.41) is 10.2. The van der Waals surface area contributed by atoms with Gasteiger partial charge in [0, 0.05) is 31.2 Å². The van der Waals surface area contributed by atoms with E-state index in [2.05, 4.69) is 71.0 Å². The molecule has 3 aliphatic heterocycles. The molecule has 0 spiro atoms. The summed E-state index contributed by atoms with van der Waals surface area (Å²) < 4.78 is 16.4. The normalized spacial score (nSPS) is 23.9. The Labute approximate surface area is 246 Å². The Balaban J connectivity index is 1.07. The summed E-state index contributed by atoms with van der Waals surface area (Å²) >= 11 is 0. The van der Waals surface area contributed by atoms with Crippen molar-refractivity contribution in [1.29, 1.82) is 0 Å². The number of phenolic OH excluding ortho intramolecular Hbond substituents is 1. The molecular weight excluding hydrogens is 527 g/mol. The molecule has 0 saturated carbocycles. The van der Waals surface area contributed by atoms with Gasteiger partial charge >= 0.3 is 0 Å². The van der Waals surface area contributed by atoms with E-state index in [1.54, 1.807) is 4.90 Å². The standard InChI is InChI=1S/C35H39FN4O2/c1-24-37-31-9-5-6-10-32(31)40(24)29-22-27-12-13-28(23-29)39(27)20-17-35(25-7-3-2-4-8-25)15-18-38(19-16-35)34(42)30-21-26(36)11-14-33(30)41/h2-11,14,21,27-29,41H,12-13,15-20,22-23H2,1H3. The number of benzene rings is 3. The molecule has 0 aliphatic carbocycles. The number of aromatic nitrogens is 2. The van der Waals surface area contributed by atoms with Crippen LogP contribution >= 0.6 is 0 Å². The van der Waals surface area contributed by atoms with Gasteiger partial charge in [-0.05, 0) is 99.7 Å². The van der Waals surface area contributed by atoms with Crippen molar-refractivity contribution in [3.8, 4) is 5.75 Å². The number of aryl methyl sites for hydroxylation is 1. The van der Waals surface area contributed by atoms with Crippen LogP contribution in [0.3, 0.4) is 0 Å². The number of phenols is 1. The number of hydrogen-bond donors (Lipinski definition) is 1. The highest BCUT2D eigenvalue weighted by Gasteiger charge is 2.44. The van der Waals surface area contributed by atoms with E-state index >= 15 is 0 Å². The molecule has 1 amide bonds. The van der Waals surface area contributed by atoms with E-state index in [0.29, 0.717) is 31.2 Å². The van der Waals surface area contributed by atoms with E-state index in [1.807, 2.05) is 0 Å². The van der Waals surface area contributed by atoms with Crippen molar-refractivity contribution in [2.24, 2.45) is 0 Å². The Morgan fingerprint density at radius 2 is 1.64 bits per heavy atom. The molecule has 1 aromatic heterocycles. The molecule has 7 rings (SSSR count). The second-order valence-corrected chi connectivity index (χ2v) is 12.6. The maximum Gasteiger partial charge on any atom is 0.257 e. The molecule has 7 heteroatoms. The molecule has 1 N–H and O–H groups in total. The minimum Gasteiger partial charge on any atom is -0.507 e. The highest BCUT2D eigenvalue weighted by atomic mass is 19.1. The number of para-hydroxylation sites is 2. The van der Waals surface area contributed by atoms with Crippen LogP contribution in [-0.4, -0.2) is 62.1 Å². The zero-order chi connectivity index (χ0) is 28.8. The van der Waals surface area contributed by atoms with E-state index < -0.39 is 5.82 Å². The third kappa shape index (κ3) is 4.77. The summed E-state index contributed by atoms with van der Waals surface area (Å²) in [5.74, 6) is 0.140. The number of fused-ring (bicyclic) bond motifs is 3. The number of hydrogen-bond acceptors (Lipinski definition) is 4. The summed E-state index contributed by atoms with van der Waals surface area (Å²) in [6.07, 6.45) is 7.59. The van der Waals surface area contributed by atoms with Gasteiger partial charge in [-0.1, -0.05) is 42.5 Å². The highest BCUT2D eigenvalue weighted by molar-refractivity contribution is 5.96. The summed E-state index contributed by atoms with van der Waals surface area (Å²) in [7, 11) is 0. The Morgan fingerprint density at radius 3 is 2.38 bits per heavy atom. The number of nitrogens with zero attached hydrogens (tertiary/aromatic N) is 4. The van der Waals surface area contributed by atoms with Crippen LogP contribution in [0.25, 0.3) is 11.0 Å². The molecule has 4 heterocycles. The minimum atomic E-state index is -0.512. The Kier molecular flexibility index (Phi) is 7.01. The van der Waals surface area contributed by atoms with Crippen LogP contribution in [0.4, 0.5) is 4.39 Å². The van der Waals surface area contributed by atoms with Crippen molar-refractivity contribution in [3.63, 3.8) is 0 Å². The van der Waals surface area contributed by atoms with Gasteiger partial charge in [0.1, 0.15) is 17.4 Å². The maximum atomic E-state index is 13.9. The van der Waals surface area contributed by atoms with E-state index in [9.17, 15) is 14.3 Å². The van der Waals surface area contributed by atoms with Gasteiger partial charge in [0.2, 0.25) is 0 Å². The second kappa shape index (κ2) is 10.8. The van der Waals surface area contributed by atoms with Crippen LogP contribution in [0.15, 0.2) is 72.8 Å². The summed E-state index contributed by atoms with van der Waals surface area (Å²) in [4.78, 5) is 22.7. The topological polar surface area (TPSA) is 61.6 Å². The smallest absolute Gasteiger partial charge is 0.257 e. The molecule has 3 saturated heterocycles. The first kappa shape index (κ1) is 27.1. The molecule has 2 atom stereocenters. The Morgan fingerprint density at radius 1 is 0.952 bits per heavy atom. The molecule has 3 fully saturated rings. The van der Waals surface area contributed by atoms with Gasteiger partial charge in [-0.3, -0.25) is 9.69 Å². The van der Waals surface area contributed by atoms with Gasteiger partial charge in [0.15, 0.2) is 0 Å². The van der Waals surface area contributed by atoms with Crippen molar-refractivity contribution in [2.45, 2.75) is 75.4 Å². The summed E-state index contributed by atoms with van der Waals surface area (Å²) in [6.45, 7) is 4.38. The highest BCUT2D eigenvalue weighted by Crippen LogP contribution is 2.45. The molecule has 3 aliphatic rings. The van der Waals surface area contributed by atoms with Crippen LogP contribution in [0.5, 0.6) is 5.75 Å². The first-order valence-electron chi connectivity index (χ1n) is 15.4. The third-order valence-electron chi connectivity index (χ3n) is 10.4. The minimum absolute atomic E-state index is 0.0184. The fourth-order valence-corrected chi connectivity index (χ4v) is 8.25. The van der Waals surface area contributed by atoms with Crippen LogP contribution in [0.2, 0.25) is 0 Å². The largest absolute Gasteiger partial charge is 0.507 e. The Bertz CT molecular complexity index is 1580. The predicted octanol–water partition coefficient (Wildman–Crippen LogP) is 6.62. The lowest BCUT2D eigenvalue weighted by molar-refractivity contribution is 0.0604. The molecule has 0 radical (unpaired) electrons. The maximum absolute atomic E-state index is 13.9. The summed E-state index contributed by atoms with van der Waals surface area (Å²) in [5.41, 5.74) is 3.71. The fourth-order valence-electron chi connectivity index (χ4n) is 8.25. The van der Waals surface area contributed by atoms with Gasteiger partial charge < -0.3 is 14.6 Å². The molecular formula is C35H39FN4O2. The quantitative estimate of drug-likeness (QED) is 0.285. The lowest BCUT2D eigenvalue weighted by Gasteiger charge is -2.45. The molecule has 2 unspecified atom stereocenters. The van der Waals surface area contributed by atoms with Crippen molar-refractivity contribution < 1.29 is 14.3 Å². The number of aromatic hydroxyl groups is 1. The number of rotatable bonds is 6. The zero-order valence-electron chi connectivity index (χ0n) is 24.3. The first-order valence-corrected chi connectivity index (χ1v) is 15.4. The van der Waals surface area contributed by atoms with Gasteiger partial charge in [-0.15, -0.1) is 0 Å². The number of likely N-dealkylation sites (tertiary alicyclic amines) is 1. The van der Waals surface area contributed by atoms with Crippen LogP contribution in [0.1, 0.15) is 72.7 Å². The lowest BCUT2D eigenvalue weighted by Crippen LogP contribution is -2.49. The average molecular weight is 567 g/mol. The number of piperidine rings is 2. The van der Waals surface area contributed by atoms with Gasteiger partial charge in [0.25, 0.3) is 5.91 Å². The number of halogens is 1. The summed E-state index contributed by atoms with van der Waals surface area (Å²) in [6, 6.07) is 24.5. The molecule has 42 heavy (non-hydrogen) atoms. The van der Waals surface area contributed by atoms with Gasteiger partial charge in [-0.25, -0.2) is 9.37 Å². The molecule has 4 aromatic rings.